The number of aromatic nitrogens is 4. The Kier molecular flexibility index (Phi) is 4.17. The van der Waals surface area contributed by atoms with Crippen LogP contribution < -0.4 is 5.32 Å². The first-order valence-corrected chi connectivity index (χ1v) is 5.92. The van der Waals surface area contributed by atoms with Crippen molar-refractivity contribution in [3.05, 3.63) is 34.6 Å². The lowest BCUT2D eigenvalue weighted by Gasteiger charge is -2.06. The van der Waals surface area contributed by atoms with Crippen molar-refractivity contribution < 1.29 is 0 Å². The molecule has 2 aromatic rings. The standard InChI is InChI=1S/C10H11Cl2N5/c11-8-6-7(10(12)17-16-8)13-3-1-2-9-14-4-5-15-9/h4-6H,1-3H2,(H,13,16)(H,14,15). The van der Waals surface area contributed by atoms with Gasteiger partial charge in [-0.2, -0.15) is 0 Å². The van der Waals surface area contributed by atoms with Gasteiger partial charge in [-0.1, -0.05) is 23.2 Å². The third kappa shape index (κ3) is 3.57. The van der Waals surface area contributed by atoms with Gasteiger partial charge in [-0.15, -0.1) is 10.2 Å². The van der Waals surface area contributed by atoms with Gasteiger partial charge in [-0.25, -0.2) is 4.98 Å². The zero-order valence-corrected chi connectivity index (χ0v) is 10.5. The zero-order chi connectivity index (χ0) is 12.1. The highest BCUT2D eigenvalue weighted by atomic mass is 35.5. The maximum atomic E-state index is 5.86. The predicted octanol–water partition coefficient (Wildman–Crippen LogP) is 2.55. The van der Waals surface area contributed by atoms with E-state index in [9.17, 15) is 0 Å². The highest BCUT2D eigenvalue weighted by molar-refractivity contribution is 6.33. The van der Waals surface area contributed by atoms with Gasteiger partial charge in [0.05, 0.1) is 5.69 Å². The highest BCUT2D eigenvalue weighted by Crippen LogP contribution is 2.20. The van der Waals surface area contributed by atoms with Crippen LogP contribution in [0.15, 0.2) is 18.5 Å². The van der Waals surface area contributed by atoms with Crippen LogP contribution in [-0.4, -0.2) is 26.7 Å². The van der Waals surface area contributed by atoms with Crippen molar-refractivity contribution in [3.63, 3.8) is 0 Å². The minimum Gasteiger partial charge on any atom is -0.382 e. The number of imidazole rings is 1. The first-order chi connectivity index (χ1) is 8.25. The molecule has 0 saturated heterocycles. The molecule has 5 nitrogen and oxygen atoms in total. The molecule has 2 N–H and O–H groups in total. The number of aryl methyl sites for hydroxylation is 1. The van der Waals surface area contributed by atoms with Crippen LogP contribution in [0.1, 0.15) is 12.2 Å². The molecule has 2 heterocycles. The molecule has 0 fully saturated rings. The number of nitrogens with zero attached hydrogens (tertiary/aromatic N) is 3. The second-order valence-electron chi connectivity index (χ2n) is 3.44. The lowest BCUT2D eigenvalue weighted by Crippen LogP contribution is -2.05. The summed E-state index contributed by atoms with van der Waals surface area (Å²) in [7, 11) is 0. The van der Waals surface area contributed by atoms with Crippen LogP contribution in [0.5, 0.6) is 0 Å². The number of H-pyrrole nitrogens is 1. The molecule has 0 aliphatic carbocycles. The first-order valence-electron chi connectivity index (χ1n) is 5.16. The Bertz CT molecular complexity index is 472. The van der Waals surface area contributed by atoms with Crippen molar-refractivity contribution in [1.29, 1.82) is 0 Å². The summed E-state index contributed by atoms with van der Waals surface area (Å²) < 4.78 is 0. The smallest absolute Gasteiger partial charge is 0.174 e. The quantitative estimate of drug-likeness (QED) is 0.821. The number of rotatable bonds is 5. The minimum atomic E-state index is 0.322. The van der Waals surface area contributed by atoms with Crippen LogP contribution in [0.4, 0.5) is 5.69 Å². The summed E-state index contributed by atoms with van der Waals surface area (Å²) in [5.74, 6) is 0.976. The van der Waals surface area contributed by atoms with E-state index in [1.807, 2.05) is 6.20 Å². The third-order valence-electron chi connectivity index (χ3n) is 2.18. The Labute approximate surface area is 109 Å². The van der Waals surface area contributed by atoms with Gasteiger partial charge in [0.15, 0.2) is 10.3 Å². The number of anilines is 1. The monoisotopic (exact) mass is 271 g/mol. The summed E-state index contributed by atoms with van der Waals surface area (Å²) in [6, 6.07) is 1.66. The molecule has 0 aliphatic heterocycles. The van der Waals surface area contributed by atoms with Gasteiger partial charge in [0.2, 0.25) is 0 Å². The van der Waals surface area contributed by atoms with E-state index in [-0.39, 0.29) is 0 Å². The molecule has 0 spiro atoms. The molecular weight excluding hydrogens is 261 g/mol. The topological polar surface area (TPSA) is 66.5 Å². The Morgan fingerprint density at radius 1 is 1.29 bits per heavy atom. The van der Waals surface area contributed by atoms with Crippen molar-refractivity contribution in [2.45, 2.75) is 12.8 Å². The van der Waals surface area contributed by atoms with Crippen LogP contribution in [0.25, 0.3) is 0 Å². The van der Waals surface area contributed by atoms with E-state index in [2.05, 4.69) is 25.5 Å². The minimum absolute atomic E-state index is 0.322. The second kappa shape index (κ2) is 5.84. The lowest BCUT2D eigenvalue weighted by molar-refractivity contribution is 0.815. The van der Waals surface area contributed by atoms with Crippen molar-refractivity contribution in [3.8, 4) is 0 Å². The second-order valence-corrected chi connectivity index (χ2v) is 4.18. The molecule has 0 unspecified atom stereocenters. The van der Waals surface area contributed by atoms with Crippen LogP contribution in [-0.2, 0) is 6.42 Å². The maximum Gasteiger partial charge on any atom is 0.174 e. The van der Waals surface area contributed by atoms with Crippen molar-refractivity contribution in [2.75, 3.05) is 11.9 Å². The Hall–Kier alpha value is -1.33. The molecule has 17 heavy (non-hydrogen) atoms. The van der Waals surface area contributed by atoms with E-state index in [4.69, 9.17) is 23.2 Å². The fourth-order valence-electron chi connectivity index (χ4n) is 1.39. The average molecular weight is 272 g/mol. The van der Waals surface area contributed by atoms with Crippen molar-refractivity contribution in [2.24, 2.45) is 0 Å². The average Bonchev–Trinajstić information content (AvgIpc) is 2.82. The van der Waals surface area contributed by atoms with E-state index in [0.29, 0.717) is 16.0 Å². The summed E-state index contributed by atoms with van der Waals surface area (Å²) in [5, 5.41) is 11.2. The van der Waals surface area contributed by atoms with E-state index in [1.165, 1.54) is 0 Å². The fourth-order valence-corrected chi connectivity index (χ4v) is 1.70. The lowest BCUT2D eigenvalue weighted by atomic mass is 10.3. The molecule has 0 aromatic carbocycles. The normalized spacial score (nSPS) is 10.5. The van der Waals surface area contributed by atoms with Crippen LogP contribution >= 0.6 is 23.2 Å². The molecule has 7 heteroatoms. The van der Waals surface area contributed by atoms with Crippen molar-refractivity contribution in [1.82, 2.24) is 20.2 Å². The zero-order valence-electron chi connectivity index (χ0n) is 8.95. The molecule has 0 atom stereocenters. The number of halogens is 2. The molecule has 0 aliphatic rings. The summed E-state index contributed by atoms with van der Waals surface area (Å²) in [6.07, 6.45) is 5.37. The van der Waals surface area contributed by atoms with Crippen LogP contribution in [0.3, 0.4) is 0 Å². The molecule has 2 aromatic heterocycles. The van der Waals surface area contributed by atoms with Gasteiger partial charge in [-0.05, 0) is 6.42 Å². The molecular formula is C10H11Cl2N5. The van der Waals surface area contributed by atoms with Crippen LogP contribution in [0.2, 0.25) is 10.3 Å². The number of hydrogen-bond donors (Lipinski definition) is 2. The van der Waals surface area contributed by atoms with Gasteiger partial charge in [-0.3, -0.25) is 0 Å². The van der Waals surface area contributed by atoms with Gasteiger partial charge >= 0.3 is 0 Å². The maximum absolute atomic E-state index is 5.86. The van der Waals surface area contributed by atoms with Gasteiger partial charge < -0.3 is 10.3 Å². The molecule has 2 rings (SSSR count). The third-order valence-corrected chi connectivity index (χ3v) is 2.64. The van der Waals surface area contributed by atoms with Gasteiger partial charge in [0.1, 0.15) is 5.82 Å². The van der Waals surface area contributed by atoms with Gasteiger partial charge in [0, 0.05) is 31.4 Å². The Morgan fingerprint density at radius 2 is 2.18 bits per heavy atom. The summed E-state index contributed by atoms with van der Waals surface area (Å²) >= 11 is 11.6. The Morgan fingerprint density at radius 3 is 2.94 bits per heavy atom. The summed E-state index contributed by atoms with van der Waals surface area (Å²) in [4.78, 5) is 7.19. The van der Waals surface area contributed by atoms with E-state index in [1.54, 1.807) is 12.3 Å². The largest absolute Gasteiger partial charge is 0.382 e. The van der Waals surface area contributed by atoms with E-state index >= 15 is 0 Å². The molecule has 90 valence electrons. The van der Waals surface area contributed by atoms with Crippen LogP contribution in [0, 0.1) is 0 Å². The molecule has 0 bridgehead atoms. The molecule has 0 amide bonds. The van der Waals surface area contributed by atoms with E-state index < -0.39 is 0 Å². The summed E-state index contributed by atoms with van der Waals surface area (Å²) in [6.45, 7) is 0.766. The first kappa shape index (κ1) is 12.1. The number of aromatic amines is 1. The summed E-state index contributed by atoms with van der Waals surface area (Å²) in [5.41, 5.74) is 0.700. The van der Waals surface area contributed by atoms with Crippen molar-refractivity contribution >= 4 is 28.9 Å². The Balaban J connectivity index is 1.80. The highest BCUT2D eigenvalue weighted by Gasteiger charge is 2.03. The SMILES string of the molecule is Clc1cc(NCCCc2ncc[nH]2)c(Cl)nn1. The van der Waals surface area contributed by atoms with Gasteiger partial charge in [0.25, 0.3) is 0 Å². The molecule has 0 radical (unpaired) electrons. The number of nitrogens with one attached hydrogen (secondary N) is 2. The van der Waals surface area contributed by atoms with E-state index in [0.717, 1.165) is 25.2 Å². The molecule has 0 saturated carbocycles. The fraction of sp³-hybridized carbons (Fsp3) is 0.300. The predicted molar refractivity (Wildman–Crippen MR) is 67.5 cm³/mol. The number of hydrogen-bond acceptors (Lipinski definition) is 4.